The van der Waals surface area contributed by atoms with Crippen molar-refractivity contribution in [2.75, 3.05) is 0 Å². The number of benzene rings is 4. The molecule has 1 radical (unpaired) electrons. The molecule has 2 heterocycles. The fourth-order valence-corrected chi connectivity index (χ4v) is 6.66. The van der Waals surface area contributed by atoms with Gasteiger partial charge in [-0.1, -0.05) is 0 Å². The predicted octanol–water partition coefficient (Wildman–Crippen LogP) is 8.24. The van der Waals surface area contributed by atoms with Crippen LogP contribution in [-0.4, -0.2) is 36.6 Å². The summed E-state index contributed by atoms with van der Waals surface area (Å²) in [6.07, 6.45) is -4.69. The minimum absolute atomic E-state index is 0. The molecule has 0 atom stereocenters. The number of aliphatic hydroxyl groups is 1. The summed E-state index contributed by atoms with van der Waals surface area (Å²) in [6, 6.07) is 27.8. The first-order chi connectivity index (χ1) is 18.5. The summed E-state index contributed by atoms with van der Waals surface area (Å²) in [7, 11) is 0. The van der Waals surface area contributed by atoms with Crippen LogP contribution in [0.2, 0.25) is 0 Å². The Bertz CT molecular complexity index is 1930. The number of hydrogen-bond donors (Lipinski definition) is 1. The van der Waals surface area contributed by atoms with E-state index in [9.17, 15) is 22.4 Å². The molecule has 4 aromatic carbocycles. The third-order valence-corrected chi connectivity index (χ3v) is 8.37. The van der Waals surface area contributed by atoms with Gasteiger partial charge in [0.25, 0.3) is 0 Å². The summed E-state index contributed by atoms with van der Waals surface area (Å²) in [5, 5.41) is 14.2. The average Bonchev–Trinajstić information content (AvgIpc) is 3.25. The summed E-state index contributed by atoms with van der Waals surface area (Å²) < 4.78 is 50.3. The Hall–Kier alpha value is -3.35. The predicted molar refractivity (Wildman–Crippen MR) is 148 cm³/mol. The Balaban J connectivity index is 0.000000292. The van der Waals surface area contributed by atoms with Crippen LogP contribution < -0.4 is 0 Å². The van der Waals surface area contributed by atoms with Crippen molar-refractivity contribution in [3.05, 3.63) is 102 Å². The van der Waals surface area contributed by atoms with E-state index in [4.69, 9.17) is 5.11 Å². The number of pyridine rings is 1. The van der Waals surface area contributed by atoms with E-state index in [0.29, 0.717) is 5.52 Å². The summed E-state index contributed by atoms with van der Waals surface area (Å²) in [4.78, 5) is 14.6. The molecule has 0 unspecified atom stereocenters. The van der Waals surface area contributed by atoms with Crippen molar-refractivity contribution in [3.63, 3.8) is 0 Å². The molecule has 6 aromatic rings. The fraction of sp³-hybridized carbons (Fsp3) is 0.0968. The Morgan fingerprint density at radius 1 is 0.950 bits per heavy atom. The van der Waals surface area contributed by atoms with E-state index in [1.165, 1.54) is 47.8 Å². The number of ketones is 1. The van der Waals surface area contributed by atoms with Gasteiger partial charge in [-0.25, -0.2) is 0 Å². The molecule has 0 aliphatic heterocycles. The largest absolute Gasteiger partial charge is 0 e. The second-order valence-electron chi connectivity index (χ2n) is 9.05. The Morgan fingerprint density at radius 2 is 1.65 bits per heavy atom. The van der Waals surface area contributed by atoms with Gasteiger partial charge >= 0.3 is 179 Å². The Kier molecular flexibility index (Phi) is 8.62. The molecule has 6 rings (SSSR count). The number of aryl methyl sites for hydroxylation is 1. The van der Waals surface area contributed by atoms with Crippen LogP contribution in [0.4, 0.5) is 17.6 Å². The summed E-state index contributed by atoms with van der Waals surface area (Å²) in [5.41, 5.74) is 3.75. The summed E-state index contributed by atoms with van der Waals surface area (Å²) in [5.74, 6) is -2.96. The summed E-state index contributed by atoms with van der Waals surface area (Å²) >= 11 is 0.225. The normalized spacial score (nSPS) is 11.9. The number of carbonyl (C=O) groups excluding carboxylic acids is 1. The van der Waals surface area contributed by atoms with Gasteiger partial charge in [0, 0.05) is 26.2 Å². The molecule has 3 nitrogen and oxygen atoms in total. The number of halogens is 4. The molecule has 0 bridgehead atoms. The third kappa shape index (κ3) is 6.18. The summed E-state index contributed by atoms with van der Waals surface area (Å²) in [6.45, 7) is 3.05. The maximum atomic E-state index is 13.6. The van der Waals surface area contributed by atoms with Gasteiger partial charge in [0.15, 0.2) is 5.78 Å². The zero-order chi connectivity index (χ0) is 27.9. The molecule has 0 spiro atoms. The van der Waals surface area contributed by atoms with Crippen LogP contribution in [0.5, 0.6) is 0 Å². The van der Waals surface area contributed by atoms with Gasteiger partial charge < -0.3 is 5.11 Å². The molecule has 0 saturated heterocycles. The number of fused-ring (bicyclic) bond motifs is 6. The van der Waals surface area contributed by atoms with Crippen molar-refractivity contribution in [1.29, 1.82) is 0 Å². The minimum Gasteiger partial charge on any atom is 0 e. The number of alkyl halides is 3. The van der Waals surface area contributed by atoms with Crippen molar-refractivity contribution in [2.45, 2.75) is 20.0 Å². The number of aromatic nitrogens is 1. The van der Waals surface area contributed by atoms with Gasteiger partial charge in [-0.15, -0.1) is 0 Å². The first-order valence-corrected chi connectivity index (χ1v) is 13.5. The SMILES string of the molecule is CC(=O)/C=C(\O)C(F)(F)F.Cc1ccc2c(ccc3[se]c4[c-]c(-c5ccc6ccc(F)cc6n5)ccc4c32)c1.[Ir]. The van der Waals surface area contributed by atoms with Crippen LogP contribution in [0.15, 0.2) is 84.6 Å². The Morgan fingerprint density at radius 3 is 2.35 bits per heavy atom. The first kappa shape index (κ1) is 29.6. The molecule has 2 aromatic heterocycles. The molecule has 205 valence electrons. The zero-order valence-electron chi connectivity index (χ0n) is 21.1. The van der Waals surface area contributed by atoms with Gasteiger partial charge in [0.1, 0.15) is 0 Å². The van der Waals surface area contributed by atoms with Crippen LogP contribution >= 0.6 is 0 Å². The number of hydrogen-bond acceptors (Lipinski definition) is 3. The van der Waals surface area contributed by atoms with Gasteiger partial charge in [-0.3, -0.25) is 4.79 Å². The van der Waals surface area contributed by atoms with E-state index in [1.54, 1.807) is 6.07 Å². The van der Waals surface area contributed by atoms with E-state index in [2.05, 4.69) is 60.4 Å². The van der Waals surface area contributed by atoms with Crippen LogP contribution in [0.1, 0.15) is 12.5 Å². The topological polar surface area (TPSA) is 50.2 Å². The van der Waals surface area contributed by atoms with Crippen molar-refractivity contribution >= 4 is 61.3 Å². The van der Waals surface area contributed by atoms with E-state index < -0.39 is 17.7 Å². The quantitative estimate of drug-likeness (QED) is 0.0633. The van der Waals surface area contributed by atoms with Crippen LogP contribution in [0.25, 0.3) is 52.2 Å². The van der Waals surface area contributed by atoms with Gasteiger partial charge in [0.05, 0.1) is 0 Å². The molecule has 0 aliphatic carbocycles. The van der Waals surface area contributed by atoms with Crippen LogP contribution in [-0.2, 0) is 24.9 Å². The first-order valence-electron chi connectivity index (χ1n) is 11.8. The Labute approximate surface area is 246 Å². The van der Waals surface area contributed by atoms with E-state index >= 15 is 0 Å². The molecule has 1 N–H and O–H groups in total. The van der Waals surface area contributed by atoms with Crippen molar-refractivity contribution in [2.24, 2.45) is 0 Å². The molecule has 40 heavy (non-hydrogen) atoms. The smallest absolute Gasteiger partial charge is 0 e. The number of aliphatic hydroxyl groups excluding tert-OH is 1. The second-order valence-corrected chi connectivity index (χ2v) is 11.3. The van der Waals surface area contributed by atoms with Gasteiger partial charge in [-0.2, -0.15) is 13.2 Å². The van der Waals surface area contributed by atoms with Gasteiger partial charge in [-0.05, 0) is 6.92 Å². The standard InChI is InChI=1S/C26H15FNSe.C5H5F3O2.Ir/c1-15-2-8-20-17(12-15)6-11-24-26(20)21-9-4-18(13-25(21)29-24)22-10-5-16-3-7-19(27)14-23(16)28-22;1-3(9)2-4(10)5(6,7)8;/h2-12,14H,1H3;2,10H,1H3;/q-1;;/b;4-2-;. The molecule has 0 saturated carbocycles. The maximum Gasteiger partial charge on any atom is 0 e. The number of nitrogens with zero attached hydrogens (tertiary/aromatic N) is 1. The van der Waals surface area contributed by atoms with E-state index in [0.717, 1.165) is 23.6 Å². The minimum atomic E-state index is -4.81. The zero-order valence-corrected chi connectivity index (χ0v) is 25.2. The van der Waals surface area contributed by atoms with Crippen molar-refractivity contribution in [1.82, 2.24) is 4.98 Å². The monoisotopic (exact) mass is 787 g/mol. The second kappa shape index (κ2) is 11.6. The van der Waals surface area contributed by atoms with E-state index in [1.807, 2.05) is 12.1 Å². The molecular weight excluding hydrogens is 766 g/mol. The molecule has 0 aliphatic rings. The number of rotatable bonds is 2. The maximum absolute atomic E-state index is 13.6. The fourth-order valence-electron chi connectivity index (χ4n) is 4.32. The van der Waals surface area contributed by atoms with Crippen LogP contribution in [0.3, 0.4) is 0 Å². The third-order valence-electron chi connectivity index (χ3n) is 6.09. The molecule has 0 fully saturated rings. The number of carbonyl (C=O) groups is 1. The number of allylic oxidation sites excluding steroid dienone is 2. The van der Waals surface area contributed by atoms with Crippen LogP contribution in [0, 0.1) is 18.8 Å². The van der Waals surface area contributed by atoms with Crippen molar-refractivity contribution in [3.8, 4) is 11.3 Å². The average molecular weight is 786 g/mol. The van der Waals surface area contributed by atoms with E-state index in [-0.39, 0.29) is 46.5 Å². The molecule has 9 heteroatoms. The van der Waals surface area contributed by atoms with Crippen molar-refractivity contribution < 1.29 is 47.6 Å². The van der Waals surface area contributed by atoms with Gasteiger partial charge in [0.2, 0.25) is 5.76 Å². The molecular formula is C31H20F4IrNO2Se-. The molecule has 0 amide bonds.